The standard InChI is InChI=1S/C14H20N2O3/c1-3-12(13(17)18)16-14(19)15-9-8-11-7-5-4-6-10(11)2/h4-7,12H,3,8-9H2,1-2H3,(H,17,18)(H2,15,16,19). The van der Waals surface area contributed by atoms with Crippen LogP contribution in [0.4, 0.5) is 4.79 Å². The summed E-state index contributed by atoms with van der Waals surface area (Å²) in [7, 11) is 0. The molecule has 5 heteroatoms. The number of hydrogen-bond donors (Lipinski definition) is 3. The van der Waals surface area contributed by atoms with Crippen molar-refractivity contribution in [3.8, 4) is 0 Å². The summed E-state index contributed by atoms with van der Waals surface area (Å²) >= 11 is 0. The molecule has 0 aliphatic heterocycles. The molecule has 0 saturated heterocycles. The third-order valence-corrected chi connectivity index (χ3v) is 2.95. The third kappa shape index (κ3) is 4.99. The second-order valence-electron chi connectivity index (χ2n) is 4.38. The number of carbonyl (C=O) groups excluding carboxylic acids is 1. The fourth-order valence-electron chi connectivity index (χ4n) is 1.75. The van der Waals surface area contributed by atoms with Gasteiger partial charge in [0.1, 0.15) is 6.04 Å². The number of amides is 2. The van der Waals surface area contributed by atoms with Crippen molar-refractivity contribution in [1.82, 2.24) is 10.6 Å². The smallest absolute Gasteiger partial charge is 0.326 e. The zero-order chi connectivity index (χ0) is 14.3. The van der Waals surface area contributed by atoms with Gasteiger partial charge in [-0.25, -0.2) is 9.59 Å². The number of hydrogen-bond acceptors (Lipinski definition) is 2. The number of carbonyl (C=O) groups is 2. The van der Waals surface area contributed by atoms with Crippen LogP contribution >= 0.6 is 0 Å². The minimum atomic E-state index is -1.02. The topological polar surface area (TPSA) is 78.4 Å². The van der Waals surface area contributed by atoms with Crippen molar-refractivity contribution in [3.05, 3.63) is 35.4 Å². The quantitative estimate of drug-likeness (QED) is 0.731. The van der Waals surface area contributed by atoms with E-state index >= 15 is 0 Å². The Morgan fingerprint density at radius 3 is 2.58 bits per heavy atom. The zero-order valence-corrected chi connectivity index (χ0v) is 11.3. The first kappa shape index (κ1) is 15.0. The van der Waals surface area contributed by atoms with Crippen LogP contribution in [0.5, 0.6) is 0 Å². The Morgan fingerprint density at radius 2 is 2.00 bits per heavy atom. The fourth-order valence-corrected chi connectivity index (χ4v) is 1.75. The molecule has 1 unspecified atom stereocenters. The molecule has 0 spiro atoms. The van der Waals surface area contributed by atoms with Crippen LogP contribution in [0.25, 0.3) is 0 Å². The van der Waals surface area contributed by atoms with Gasteiger partial charge in [-0.05, 0) is 30.9 Å². The van der Waals surface area contributed by atoms with Crippen molar-refractivity contribution in [2.24, 2.45) is 0 Å². The van der Waals surface area contributed by atoms with E-state index in [9.17, 15) is 9.59 Å². The molecule has 1 atom stereocenters. The summed E-state index contributed by atoms with van der Waals surface area (Å²) in [5.74, 6) is -1.02. The highest BCUT2D eigenvalue weighted by molar-refractivity contribution is 5.82. The van der Waals surface area contributed by atoms with Crippen molar-refractivity contribution in [2.45, 2.75) is 32.7 Å². The highest BCUT2D eigenvalue weighted by Gasteiger charge is 2.16. The molecule has 1 rings (SSSR count). The lowest BCUT2D eigenvalue weighted by Crippen LogP contribution is -2.46. The van der Waals surface area contributed by atoms with E-state index in [4.69, 9.17) is 5.11 Å². The third-order valence-electron chi connectivity index (χ3n) is 2.95. The van der Waals surface area contributed by atoms with Crippen LogP contribution < -0.4 is 10.6 Å². The summed E-state index contributed by atoms with van der Waals surface area (Å²) in [6, 6.07) is 6.69. The normalized spacial score (nSPS) is 11.7. The van der Waals surface area contributed by atoms with Crippen LogP contribution in [0.1, 0.15) is 24.5 Å². The molecule has 104 valence electrons. The van der Waals surface area contributed by atoms with Gasteiger partial charge in [0, 0.05) is 6.54 Å². The average Bonchev–Trinajstić information content (AvgIpc) is 2.38. The maximum Gasteiger partial charge on any atom is 0.326 e. The number of aliphatic carboxylic acids is 1. The fraction of sp³-hybridized carbons (Fsp3) is 0.429. The van der Waals surface area contributed by atoms with Crippen molar-refractivity contribution >= 4 is 12.0 Å². The minimum Gasteiger partial charge on any atom is -0.480 e. The number of benzene rings is 1. The average molecular weight is 264 g/mol. The van der Waals surface area contributed by atoms with Crippen LogP contribution in [-0.4, -0.2) is 29.7 Å². The van der Waals surface area contributed by atoms with E-state index in [1.165, 1.54) is 11.1 Å². The summed E-state index contributed by atoms with van der Waals surface area (Å²) < 4.78 is 0. The van der Waals surface area contributed by atoms with Gasteiger partial charge in [0.05, 0.1) is 0 Å². The van der Waals surface area contributed by atoms with Gasteiger partial charge in [-0.15, -0.1) is 0 Å². The zero-order valence-electron chi connectivity index (χ0n) is 11.3. The molecule has 3 N–H and O–H groups in total. The molecule has 0 bridgehead atoms. The molecule has 0 fully saturated rings. The molecule has 0 aliphatic carbocycles. The first-order valence-electron chi connectivity index (χ1n) is 6.36. The number of rotatable bonds is 6. The lowest BCUT2D eigenvalue weighted by atomic mass is 10.1. The number of urea groups is 1. The van der Waals surface area contributed by atoms with Crippen LogP contribution in [0, 0.1) is 6.92 Å². The molecule has 1 aromatic carbocycles. The van der Waals surface area contributed by atoms with Crippen molar-refractivity contribution in [1.29, 1.82) is 0 Å². The lowest BCUT2D eigenvalue weighted by Gasteiger charge is -2.13. The molecule has 0 aromatic heterocycles. The number of carboxylic acid groups (broad SMARTS) is 1. The highest BCUT2D eigenvalue weighted by atomic mass is 16.4. The first-order valence-corrected chi connectivity index (χ1v) is 6.36. The number of nitrogens with one attached hydrogen (secondary N) is 2. The molecule has 5 nitrogen and oxygen atoms in total. The predicted molar refractivity (Wildman–Crippen MR) is 73.1 cm³/mol. The largest absolute Gasteiger partial charge is 0.480 e. The van der Waals surface area contributed by atoms with E-state index < -0.39 is 18.0 Å². The summed E-state index contributed by atoms with van der Waals surface area (Å²) in [5.41, 5.74) is 2.36. The van der Waals surface area contributed by atoms with Gasteiger partial charge in [-0.2, -0.15) is 0 Å². The molecule has 0 heterocycles. The Hall–Kier alpha value is -2.04. The highest BCUT2D eigenvalue weighted by Crippen LogP contribution is 2.06. The molecule has 0 aliphatic rings. The van der Waals surface area contributed by atoms with Crippen LogP contribution in [0.2, 0.25) is 0 Å². The second kappa shape index (κ2) is 7.41. The Labute approximate surface area is 113 Å². The molecule has 0 saturated carbocycles. The monoisotopic (exact) mass is 264 g/mol. The van der Waals surface area contributed by atoms with E-state index in [2.05, 4.69) is 10.6 Å². The predicted octanol–water partition coefficient (Wildman–Crippen LogP) is 1.70. The summed E-state index contributed by atoms with van der Waals surface area (Å²) in [6.07, 6.45) is 1.09. The molecular formula is C14H20N2O3. The van der Waals surface area contributed by atoms with E-state index in [1.807, 2.05) is 31.2 Å². The Kier molecular flexibility index (Phi) is 5.85. The first-order chi connectivity index (χ1) is 9.04. The Morgan fingerprint density at radius 1 is 1.32 bits per heavy atom. The maximum absolute atomic E-state index is 11.5. The molecule has 19 heavy (non-hydrogen) atoms. The summed E-state index contributed by atoms with van der Waals surface area (Å²) in [5, 5.41) is 13.9. The number of carboxylic acids is 1. The Balaban J connectivity index is 2.35. The van der Waals surface area contributed by atoms with Gasteiger partial charge in [-0.1, -0.05) is 31.2 Å². The molecule has 1 aromatic rings. The van der Waals surface area contributed by atoms with Gasteiger partial charge in [0.25, 0.3) is 0 Å². The molecular weight excluding hydrogens is 244 g/mol. The lowest BCUT2D eigenvalue weighted by molar-refractivity contribution is -0.139. The van der Waals surface area contributed by atoms with E-state index in [-0.39, 0.29) is 0 Å². The summed E-state index contributed by atoms with van der Waals surface area (Å²) in [4.78, 5) is 22.3. The van der Waals surface area contributed by atoms with Crippen LogP contribution in [0.15, 0.2) is 24.3 Å². The number of aryl methyl sites for hydroxylation is 1. The Bertz CT molecular complexity index is 446. The van der Waals surface area contributed by atoms with Gasteiger partial charge < -0.3 is 15.7 Å². The minimum absolute atomic E-state index is 0.362. The van der Waals surface area contributed by atoms with Crippen molar-refractivity contribution < 1.29 is 14.7 Å². The van der Waals surface area contributed by atoms with E-state index in [1.54, 1.807) is 6.92 Å². The van der Waals surface area contributed by atoms with Crippen LogP contribution in [-0.2, 0) is 11.2 Å². The van der Waals surface area contributed by atoms with Gasteiger partial charge in [0.15, 0.2) is 0 Å². The van der Waals surface area contributed by atoms with E-state index in [0.717, 1.165) is 6.42 Å². The van der Waals surface area contributed by atoms with Gasteiger partial charge >= 0.3 is 12.0 Å². The van der Waals surface area contributed by atoms with E-state index in [0.29, 0.717) is 13.0 Å². The molecule has 0 radical (unpaired) electrons. The van der Waals surface area contributed by atoms with Crippen molar-refractivity contribution in [2.75, 3.05) is 6.54 Å². The second-order valence-corrected chi connectivity index (χ2v) is 4.38. The summed E-state index contributed by atoms with van der Waals surface area (Å²) in [6.45, 7) is 4.21. The maximum atomic E-state index is 11.5. The SMILES string of the molecule is CCC(NC(=O)NCCc1ccccc1C)C(=O)O. The van der Waals surface area contributed by atoms with Crippen molar-refractivity contribution in [3.63, 3.8) is 0 Å². The van der Waals surface area contributed by atoms with Gasteiger partial charge in [0.2, 0.25) is 0 Å². The van der Waals surface area contributed by atoms with Gasteiger partial charge in [-0.3, -0.25) is 0 Å². The van der Waals surface area contributed by atoms with Crippen LogP contribution in [0.3, 0.4) is 0 Å². The molecule has 2 amide bonds.